The lowest BCUT2D eigenvalue weighted by Gasteiger charge is -2.35. The molecule has 0 saturated carbocycles. The monoisotopic (exact) mass is 364 g/mol. The van der Waals surface area contributed by atoms with Crippen molar-refractivity contribution in [3.05, 3.63) is 33.8 Å². The first kappa shape index (κ1) is 19.2. The second-order valence-corrected chi connectivity index (χ2v) is 16.9. The molecule has 0 aliphatic heterocycles. The molecule has 2 nitrogen and oxygen atoms in total. The maximum Gasteiger partial charge on any atom is 0.184 e. The van der Waals surface area contributed by atoms with Gasteiger partial charge in [-0.1, -0.05) is 35.3 Å². The quantitative estimate of drug-likeness (QED) is 0.565. The Labute approximate surface area is 141 Å². The first-order valence-electron chi connectivity index (χ1n) is 7.20. The van der Waals surface area contributed by atoms with Gasteiger partial charge in [0.05, 0.1) is 22.3 Å². The van der Waals surface area contributed by atoms with Gasteiger partial charge in [0.25, 0.3) is 0 Å². The van der Waals surface area contributed by atoms with E-state index in [1.54, 1.807) is 6.07 Å². The van der Waals surface area contributed by atoms with Crippen LogP contribution in [-0.2, 0) is 8.85 Å². The Kier molecular flexibility index (Phi) is 6.54. The van der Waals surface area contributed by atoms with Crippen LogP contribution in [-0.4, -0.2) is 22.7 Å². The van der Waals surface area contributed by atoms with Gasteiger partial charge < -0.3 is 8.85 Å². The molecular weight excluding hydrogens is 339 g/mol. The smallest absolute Gasteiger partial charge is 0.184 e. The Morgan fingerprint density at radius 1 is 0.905 bits per heavy atom. The third-order valence-corrected chi connectivity index (χ3v) is 5.61. The Balaban J connectivity index is 3.16. The first-order valence-corrected chi connectivity index (χ1v) is 14.8. The van der Waals surface area contributed by atoms with Crippen LogP contribution in [0.15, 0.2) is 18.2 Å². The third-order valence-electron chi connectivity index (χ3n) is 2.73. The van der Waals surface area contributed by atoms with Gasteiger partial charge in [-0.05, 0) is 52.3 Å². The van der Waals surface area contributed by atoms with Gasteiger partial charge in [0.15, 0.2) is 16.6 Å². The van der Waals surface area contributed by atoms with Crippen molar-refractivity contribution in [2.24, 2.45) is 0 Å². The molecule has 2 atom stereocenters. The highest BCUT2D eigenvalue weighted by atomic mass is 35.5. The molecule has 0 fully saturated rings. The molecule has 0 N–H and O–H groups in total. The molecule has 21 heavy (non-hydrogen) atoms. The predicted octanol–water partition coefficient (Wildman–Crippen LogP) is 6.13. The molecule has 0 aliphatic carbocycles. The number of rotatable bonds is 6. The molecule has 1 rings (SSSR count). The molecule has 0 heterocycles. The topological polar surface area (TPSA) is 18.5 Å². The molecule has 0 aromatic heterocycles. The van der Waals surface area contributed by atoms with Crippen LogP contribution in [0, 0.1) is 0 Å². The lowest BCUT2D eigenvalue weighted by Crippen LogP contribution is -2.38. The molecular formula is C15H26Cl2O2Si2. The van der Waals surface area contributed by atoms with Gasteiger partial charge in [-0.25, -0.2) is 0 Å². The van der Waals surface area contributed by atoms with E-state index in [2.05, 4.69) is 46.2 Å². The summed E-state index contributed by atoms with van der Waals surface area (Å²) < 4.78 is 12.6. The van der Waals surface area contributed by atoms with Crippen molar-refractivity contribution < 1.29 is 8.85 Å². The number of hydrogen-bond donors (Lipinski definition) is 0. The molecule has 0 amide bonds. The first-order chi connectivity index (χ1) is 9.41. The van der Waals surface area contributed by atoms with Crippen molar-refractivity contribution in [1.29, 1.82) is 0 Å². The lowest BCUT2D eigenvalue weighted by molar-refractivity contribution is 0.0551. The van der Waals surface area contributed by atoms with Gasteiger partial charge in [0, 0.05) is 5.56 Å². The molecule has 0 bridgehead atoms. The van der Waals surface area contributed by atoms with E-state index < -0.39 is 16.6 Å². The molecule has 1 aromatic rings. The van der Waals surface area contributed by atoms with Crippen molar-refractivity contribution in [3.63, 3.8) is 0 Å². The van der Waals surface area contributed by atoms with Gasteiger partial charge in [-0.2, -0.15) is 0 Å². The minimum atomic E-state index is -1.75. The summed E-state index contributed by atoms with van der Waals surface area (Å²) in [6, 6.07) is 5.68. The molecule has 2 unspecified atom stereocenters. The summed E-state index contributed by atoms with van der Waals surface area (Å²) in [6.07, 6.45) is -0.242. The zero-order valence-electron chi connectivity index (χ0n) is 14.0. The van der Waals surface area contributed by atoms with Crippen LogP contribution >= 0.6 is 23.2 Å². The third kappa shape index (κ3) is 6.42. The second-order valence-electron chi connectivity index (χ2n) is 7.23. The van der Waals surface area contributed by atoms with E-state index in [9.17, 15) is 0 Å². The number of halogens is 2. The molecule has 0 saturated heterocycles. The fourth-order valence-corrected chi connectivity index (χ4v) is 4.89. The van der Waals surface area contributed by atoms with Crippen LogP contribution in [0.4, 0.5) is 0 Å². The zero-order valence-corrected chi connectivity index (χ0v) is 17.5. The molecule has 1 aromatic carbocycles. The summed E-state index contributed by atoms with van der Waals surface area (Å²) in [5.74, 6) is 0. The van der Waals surface area contributed by atoms with E-state index in [1.807, 2.05) is 12.1 Å². The Hall–Kier alpha value is 0.154. The van der Waals surface area contributed by atoms with Gasteiger partial charge in [-0.15, -0.1) is 0 Å². The summed E-state index contributed by atoms with van der Waals surface area (Å²) in [5.41, 5.74) is 0.914. The molecule has 120 valence electrons. The van der Waals surface area contributed by atoms with Gasteiger partial charge in [-0.3, -0.25) is 0 Å². The summed E-state index contributed by atoms with van der Waals surface area (Å²) >= 11 is 12.6. The van der Waals surface area contributed by atoms with Crippen LogP contribution in [0.1, 0.15) is 18.6 Å². The maximum atomic E-state index is 6.39. The Bertz CT molecular complexity index is 482. The van der Waals surface area contributed by atoms with E-state index in [4.69, 9.17) is 32.1 Å². The van der Waals surface area contributed by atoms with Gasteiger partial charge in [0.1, 0.15) is 0 Å². The van der Waals surface area contributed by atoms with E-state index in [0.29, 0.717) is 10.0 Å². The van der Waals surface area contributed by atoms with Crippen molar-refractivity contribution in [3.8, 4) is 0 Å². The highest BCUT2D eigenvalue weighted by Gasteiger charge is 2.32. The van der Waals surface area contributed by atoms with Crippen molar-refractivity contribution in [2.75, 3.05) is 0 Å². The normalized spacial score (nSPS) is 15.9. The van der Waals surface area contributed by atoms with Crippen molar-refractivity contribution in [2.45, 2.75) is 58.4 Å². The predicted molar refractivity (Wildman–Crippen MR) is 97.5 cm³/mol. The maximum absolute atomic E-state index is 6.39. The number of benzene rings is 1. The summed E-state index contributed by atoms with van der Waals surface area (Å²) in [6.45, 7) is 15.1. The largest absolute Gasteiger partial charge is 0.412 e. The average molecular weight is 365 g/mol. The summed E-state index contributed by atoms with van der Waals surface area (Å²) in [4.78, 5) is 0. The Morgan fingerprint density at radius 3 is 1.90 bits per heavy atom. The van der Waals surface area contributed by atoms with Gasteiger partial charge >= 0.3 is 0 Å². The fourth-order valence-electron chi connectivity index (χ4n) is 2.15. The standard InChI is InChI=1S/C15H26Cl2O2Si2/c1-11(18-20(2,3)4)15(19-21(5,6)7)12-9-8-10-13(16)14(12)17/h8-11,15H,1-7H3. The van der Waals surface area contributed by atoms with E-state index in [-0.39, 0.29) is 12.2 Å². The second kappa shape index (κ2) is 7.15. The van der Waals surface area contributed by atoms with Crippen LogP contribution < -0.4 is 0 Å². The molecule has 6 heteroatoms. The lowest BCUT2D eigenvalue weighted by atomic mass is 10.1. The van der Waals surface area contributed by atoms with E-state index in [1.165, 1.54) is 0 Å². The van der Waals surface area contributed by atoms with Crippen molar-refractivity contribution in [1.82, 2.24) is 0 Å². The van der Waals surface area contributed by atoms with E-state index in [0.717, 1.165) is 5.56 Å². The summed E-state index contributed by atoms with van der Waals surface area (Å²) in [5, 5.41) is 1.12. The Morgan fingerprint density at radius 2 is 1.43 bits per heavy atom. The van der Waals surface area contributed by atoms with Crippen LogP contribution in [0.5, 0.6) is 0 Å². The summed E-state index contributed by atoms with van der Waals surface area (Å²) in [7, 11) is -3.41. The number of hydrogen-bond acceptors (Lipinski definition) is 2. The fraction of sp³-hybridized carbons (Fsp3) is 0.600. The SMILES string of the molecule is CC(O[Si](C)(C)C)C(O[Si](C)(C)C)c1cccc(Cl)c1Cl. The van der Waals surface area contributed by atoms with Crippen LogP contribution in [0.2, 0.25) is 49.3 Å². The van der Waals surface area contributed by atoms with Crippen LogP contribution in [0.3, 0.4) is 0 Å². The highest BCUT2D eigenvalue weighted by molar-refractivity contribution is 6.70. The van der Waals surface area contributed by atoms with Crippen LogP contribution in [0.25, 0.3) is 0 Å². The molecule has 0 radical (unpaired) electrons. The molecule has 0 aliphatic rings. The minimum Gasteiger partial charge on any atom is -0.412 e. The minimum absolute atomic E-state index is 0.0561. The van der Waals surface area contributed by atoms with Crippen molar-refractivity contribution >= 4 is 39.8 Å². The van der Waals surface area contributed by atoms with E-state index >= 15 is 0 Å². The zero-order chi connectivity index (χ0) is 16.4. The molecule has 0 spiro atoms. The van der Waals surface area contributed by atoms with Gasteiger partial charge in [0.2, 0.25) is 0 Å². The average Bonchev–Trinajstić information content (AvgIpc) is 2.26. The highest BCUT2D eigenvalue weighted by Crippen LogP contribution is 2.36.